The summed E-state index contributed by atoms with van der Waals surface area (Å²) in [6.45, 7) is 3.15. The molecule has 0 unspecified atom stereocenters. The molecule has 0 aliphatic carbocycles. The van der Waals surface area contributed by atoms with E-state index in [1.165, 1.54) is 12.1 Å². The Morgan fingerprint density at radius 1 is 1.12 bits per heavy atom. The third kappa shape index (κ3) is 4.93. The van der Waals surface area contributed by atoms with Crippen molar-refractivity contribution in [1.82, 2.24) is 15.0 Å². The van der Waals surface area contributed by atoms with E-state index in [1.54, 1.807) is 48.2 Å². The lowest BCUT2D eigenvalue weighted by Crippen LogP contribution is -2.40. The van der Waals surface area contributed by atoms with Crippen LogP contribution in [0.25, 0.3) is 11.4 Å². The number of carbonyl (C=O) groups excluding carboxylic acids is 2. The molecule has 1 N–H and O–H groups in total. The van der Waals surface area contributed by atoms with Crippen LogP contribution in [-0.2, 0) is 4.74 Å². The van der Waals surface area contributed by atoms with Gasteiger partial charge in [-0.05, 0) is 68.3 Å². The zero-order valence-corrected chi connectivity index (χ0v) is 17.6. The van der Waals surface area contributed by atoms with Crippen LogP contribution in [0.2, 0.25) is 0 Å². The number of hydrogen-bond donors (Lipinski definition) is 1. The monoisotopic (exact) mass is 438 g/mol. The van der Waals surface area contributed by atoms with E-state index in [2.05, 4.69) is 15.5 Å². The Morgan fingerprint density at radius 3 is 2.47 bits per heavy atom. The standard InChI is InChI=1S/C23H23FN4O4/c1-2-31-22(29)17-5-9-19(10-6-17)25-23(30)28-13-11-16(12-14-28)21-26-20(27-32-21)15-3-7-18(24)8-4-15/h3-10,16H,2,11-14H2,1H3,(H,25,30). The molecular weight excluding hydrogens is 415 g/mol. The highest BCUT2D eigenvalue weighted by atomic mass is 19.1. The lowest BCUT2D eigenvalue weighted by molar-refractivity contribution is 0.0526. The maximum absolute atomic E-state index is 13.1. The minimum absolute atomic E-state index is 0.0598. The summed E-state index contributed by atoms with van der Waals surface area (Å²) in [5.41, 5.74) is 1.73. The molecule has 9 heteroatoms. The molecule has 1 saturated heterocycles. The predicted molar refractivity (Wildman–Crippen MR) is 115 cm³/mol. The molecule has 3 aromatic rings. The maximum Gasteiger partial charge on any atom is 0.338 e. The van der Waals surface area contributed by atoms with Crippen molar-refractivity contribution in [2.24, 2.45) is 0 Å². The Balaban J connectivity index is 1.30. The van der Waals surface area contributed by atoms with Gasteiger partial charge in [0.25, 0.3) is 0 Å². The minimum atomic E-state index is -0.393. The second kappa shape index (κ2) is 9.59. The zero-order valence-electron chi connectivity index (χ0n) is 17.6. The number of urea groups is 1. The Bertz CT molecular complexity index is 1070. The molecule has 2 heterocycles. The summed E-state index contributed by atoms with van der Waals surface area (Å²) in [5.74, 6) is 0.295. The second-order valence-corrected chi connectivity index (χ2v) is 7.45. The second-order valence-electron chi connectivity index (χ2n) is 7.45. The topological polar surface area (TPSA) is 97.6 Å². The van der Waals surface area contributed by atoms with Gasteiger partial charge in [0.2, 0.25) is 11.7 Å². The van der Waals surface area contributed by atoms with E-state index >= 15 is 0 Å². The lowest BCUT2D eigenvalue weighted by atomic mass is 9.97. The van der Waals surface area contributed by atoms with Crippen LogP contribution < -0.4 is 5.32 Å². The van der Waals surface area contributed by atoms with Gasteiger partial charge in [-0.3, -0.25) is 0 Å². The van der Waals surface area contributed by atoms with E-state index in [4.69, 9.17) is 9.26 Å². The van der Waals surface area contributed by atoms with E-state index in [1.807, 2.05) is 0 Å². The number of rotatable bonds is 5. The number of esters is 1. The normalized spacial score (nSPS) is 14.2. The number of piperidine rings is 1. The van der Waals surface area contributed by atoms with E-state index in [9.17, 15) is 14.0 Å². The number of likely N-dealkylation sites (tertiary alicyclic amines) is 1. The number of benzene rings is 2. The molecule has 32 heavy (non-hydrogen) atoms. The van der Waals surface area contributed by atoms with Gasteiger partial charge < -0.3 is 19.5 Å². The summed E-state index contributed by atoms with van der Waals surface area (Å²) in [4.78, 5) is 30.5. The fourth-order valence-electron chi connectivity index (χ4n) is 3.55. The van der Waals surface area contributed by atoms with Crippen molar-refractivity contribution >= 4 is 17.7 Å². The van der Waals surface area contributed by atoms with Gasteiger partial charge in [-0.1, -0.05) is 5.16 Å². The Morgan fingerprint density at radius 2 is 1.81 bits per heavy atom. The van der Waals surface area contributed by atoms with E-state index in [0.717, 1.165) is 0 Å². The number of nitrogens with zero attached hydrogens (tertiary/aromatic N) is 3. The molecule has 0 radical (unpaired) electrons. The number of aromatic nitrogens is 2. The predicted octanol–water partition coefficient (Wildman–Crippen LogP) is 4.46. The summed E-state index contributed by atoms with van der Waals surface area (Å²) in [6, 6.07) is 12.3. The first kappa shape index (κ1) is 21.5. The zero-order chi connectivity index (χ0) is 22.5. The largest absolute Gasteiger partial charge is 0.462 e. The number of hydrogen-bond acceptors (Lipinski definition) is 6. The quantitative estimate of drug-likeness (QED) is 0.591. The highest BCUT2D eigenvalue weighted by Crippen LogP contribution is 2.29. The highest BCUT2D eigenvalue weighted by Gasteiger charge is 2.27. The van der Waals surface area contributed by atoms with E-state index in [0.29, 0.717) is 61.1 Å². The van der Waals surface area contributed by atoms with Crippen LogP contribution in [0.1, 0.15) is 41.9 Å². The molecule has 0 spiro atoms. The van der Waals surface area contributed by atoms with Gasteiger partial charge in [0.15, 0.2) is 0 Å². The van der Waals surface area contributed by atoms with Gasteiger partial charge >= 0.3 is 12.0 Å². The first-order valence-electron chi connectivity index (χ1n) is 10.5. The molecule has 1 fully saturated rings. The molecule has 2 aromatic carbocycles. The van der Waals surface area contributed by atoms with Crippen molar-refractivity contribution in [1.29, 1.82) is 0 Å². The van der Waals surface area contributed by atoms with Gasteiger partial charge in [0.1, 0.15) is 5.82 Å². The molecule has 1 aromatic heterocycles. The number of ether oxygens (including phenoxy) is 1. The van der Waals surface area contributed by atoms with E-state index < -0.39 is 5.97 Å². The first-order chi connectivity index (χ1) is 15.5. The van der Waals surface area contributed by atoms with E-state index in [-0.39, 0.29) is 17.8 Å². The Kier molecular flexibility index (Phi) is 6.44. The van der Waals surface area contributed by atoms with Crippen LogP contribution in [0.4, 0.5) is 14.9 Å². The lowest BCUT2D eigenvalue weighted by Gasteiger charge is -2.30. The SMILES string of the molecule is CCOC(=O)c1ccc(NC(=O)N2CCC(c3nc(-c4ccc(F)cc4)no3)CC2)cc1. The molecule has 2 amide bonds. The van der Waals surface area contributed by atoms with Crippen molar-refractivity contribution in [3.8, 4) is 11.4 Å². The molecule has 0 atom stereocenters. The van der Waals surface area contributed by atoms with Gasteiger partial charge in [-0.15, -0.1) is 0 Å². The third-order valence-electron chi connectivity index (χ3n) is 5.32. The van der Waals surface area contributed by atoms with Crippen molar-refractivity contribution in [3.63, 3.8) is 0 Å². The molecule has 1 aliphatic heterocycles. The maximum atomic E-state index is 13.1. The molecule has 8 nitrogen and oxygen atoms in total. The van der Waals surface area contributed by atoms with Crippen LogP contribution in [-0.4, -0.2) is 46.7 Å². The average molecular weight is 438 g/mol. The molecular formula is C23H23FN4O4. The number of anilines is 1. The molecule has 0 bridgehead atoms. The fraction of sp³-hybridized carbons (Fsp3) is 0.304. The fourth-order valence-corrected chi connectivity index (χ4v) is 3.55. The van der Waals surface area contributed by atoms with Gasteiger partial charge in [-0.25, -0.2) is 14.0 Å². The summed E-state index contributed by atoms with van der Waals surface area (Å²) in [7, 11) is 0. The summed E-state index contributed by atoms with van der Waals surface area (Å²) in [6.07, 6.45) is 1.39. The third-order valence-corrected chi connectivity index (χ3v) is 5.32. The first-order valence-corrected chi connectivity index (χ1v) is 10.5. The number of carbonyl (C=O) groups is 2. The number of halogens is 1. The van der Waals surface area contributed by atoms with Crippen LogP contribution in [0.5, 0.6) is 0 Å². The summed E-state index contributed by atoms with van der Waals surface area (Å²) in [5, 5.41) is 6.85. The summed E-state index contributed by atoms with van der Waals surface area (Å²) < 4.78 is 23.5. The Hall–Kier alpha value is -3.75. The van der Waals surface area contributed by atoms with Crippen LogP contribution in [0.15, 0.2) is 53.1 Å². The molecule has 0 saturated carbocycles. The van der Waals surface area contributed by atoms with Crippen molar-refractivity contribution in [3.05, 3.63) is 65.8 Å². The van der Waals surface area contributed by atoms with Crippen LogP contribution in [0.3, 0.4) is 0 Å². The molecule has 1 aliphatic rings. The average Bonchev–Trinajstić information content (AvgIpc) is 3.30. The number of amides is 2. The number of nitrogens with one attached hydrogen (secondary N) is 1. The minimum Gasteiger partial charge on any atom is -0.462 e. The highest BCUT2D eigenvalue weighted by molar-refractivity contribution is 5.92. The van der Waals surface area contributed by atoms with Crippen molar-refractivity contribution in [2.45, 2.75) is 25.7 Å². The summed E-state index contributed by atoms with van der Waals surface area (Å²) >= 11 is 0. The van der Waals surface area contributed by atoms with Crippen molar-refractivity contribution < 1.29 is 23.2 Å². The smallest absolute Gasteiger partial charge is 0.338 e. The van der Waals surface area contributed by atoms with Crippen LogP contribution in [0, 0.1) is 5.82 Å². The Labute approximate surface area is 184 Å². The molecule has 166 valence electrons. The van der Waals surface area contributed by atoms with Gasteiger partial charge in [0, 0.05) is 30.3 Å². The van der Waals surface area contributed by atoms with Gasteiger partial charge in [-0.2, -0.15) is 4.98 Å². The van der Waals surface area contributed by atoms with Crippen molar-refractivity contribution in [2.75, 3.05) is 25.0 Å². The molecule has 4 rings (SSSR count). The van der Waals surface area contributed by atoms with Crippen LogP contribution >= 0.6 is 0 Å². The van der Waals surface area contributed by atoms with Gasteiger partial charge in [0.05, 0.1) is 12.2 Å².